The third-order valence-electron chi connectivity index (χ3n) is 1.23. The molecule has 0 aromatic carbocycles. The summed E-state index contributed by atoms with van der Waals surface area (Å²) in [6.07, 6.45) is 2.18. The molecular weight excluding hydrogens is 124 g/mol. The van der Waals surface area contributed by atoms with Crippen LogP contribution in [0.4, 0.5) is 0 Å². The molecule has 0 rings (SSSR count). The fourth-order valence-electron chi connectivity index (χ4n) is 1.22. The Morgan fingerprint density at radius 2 is 1.50 bits per heavy atom. The molecule has 1 radical (unpaired) electrons. The molecule has 61 valence electrons. The predicted molar refractivity (Wildman–Crippen MR) is 44.6 cm³/mol. The molecule has 0 spiro atoms. The standard InChI is InChI=1S/C9H19O/c1-8(2,3)6-9(4,5)7-10/h6,10H,7H2,1-5H3. The van der Waals surface area contributed by atoms with Crippen molar-refractivity contribution in [1.82, 2.24) is 0 Å². The fraction of sp³-hybridized carbons (Fsp3) is 0.889. The van der Waals surface area contributed by atoms with Gasteiger partial charge in [-0.05, 0) is 17.3 Å². The third kappa shape index (κ3) is 4.80. The molecule has 1 N–H and O–H groups in total. The van der Waals surface area contributed by atoms with Gasteiger partial charge in [-0.2, -0.15) is 0 Å². The monoisotopic (exact) mass is 143 g/mol. The number of hydrogen-bond acceptors (Lipinski definition) is 1. The van der Waals surface area contributed by atoms with Gasteiger partial charge in [0.25, 0.3) is 0 Å². The first-order chi connectivity index (χ1) is 4.27. The van der Waals surface area contributed by atoms with E-state index in [0.29, 0.717) is 0 Å². The minimum absolute atomic E-state index is 0.0434. The maximum absolute atomic E-state index is 8.93. The molecule has 0 aromatic heterocycles. The van der Waals surface area contributed by atoms with Gasteiger partial charge >= 0.3 is 0 Å². The Balaban J connectivity index is 3.89. The van der Waals surface area contributed by atoms with Crippen molar-refractivity contribution in [3.05, 3.63) is 6.42 Å². The maximum Gasteiger partial charge on any atom is 0.0485 e. The van der Waals surface area contributed by atoms with Gasteiger partial charge in [0, 0.05) is 6.61 Å². The Morgan fingerprint density at radius 1 is 1.10 bits per heavy atom. The van der Waals surface area contributed by atoms with Gasteiger partial charge in [0.15, 0.2) is 0 Å². The molecular formula is C9H19O. The van der Waals surface area contributed by atoms with Crippen LogP contribution < -0.4 is 0 Å². The summed E-state index contributed by atoms with van der Waals surface area (Å²) < 4.78 is 0. The van der Waals surface area contributed by atoms with Crippen LogP contribution in [0.2, 0.25) is 0 Å². The lowest BCUT2D eigenvalue weighted by atomic mass is 9.77. The molecule has 0 fully saturated rings. The van der Waals surface area contributed by atoms with Crippen LogP contribution in [0.15, 0.2) is 0 Å². The van der Waals surface area contributed by atoms with E-state index in [1.165, 1.54) is 0 Å². The first kappa shape index (κ1) is 9.96. The van der Waals surface area contributed by atoms with E-state index in [2.05, 4.69) is 27.2 Å². The molecule has 0 aliphatic rings. The van der Waals surface area contributed by atoms with Crippen LogP contribution in [0, 0.1) is 17.3 Å². The largest absolute Gasteiger partial charge is 0.396 e. The second-order valence-corrected chi connectivity index (χ2v) is 4.66. The minimum atomic E-state index is -0.0434. The highest BCUT2D eigenvalue weighted by molar-refractivity contribution is 4.93. The van der Waals surface area contributed by atoms with E-state index in [0.717, 1.165) is 0 Å². The zero-order chi connectivity index (χ0) is 8.41. The maximum atomic E-state index is 8.93. The van der Waals surface area contributed by atoms with Crippen molar-refractivity contribution in [1.29, 1.82) is 0 Å². The lowest BCUT2D eigenvalue weighted by Gasteiger charge is -2.29. The fourth-order valence-corrected chi connectivity index (χ4v) is 1.22. The number of hydrogen-bond donors (Lipinski definition) is 1. The third-order valence-corrected chi connectivity index (χ3v) is 1.23. The van der Waals surface area contributed by atoms with Crippen molar-refractivity contribution in [2.75, 3.05) is 6.61 Å². The van der Waals surface area contributed by atoms with Gasteiger partial charge in [-0.15, -0.1) is 0 Å². The summed E-state index contributed by atoms with van der Waals surface area (Å²) in [4.78, 5) is 0. The van der Waals surface area contributed by atoms with E-state index in [9.17, 15) is 0 Å². The smallest absolute Gasteiger partial charge is 0.0485 e. The van der Waals surface area contributed by atoms with Gasteiger partial charge in [0.2, 0.25) is 0 Å². The highest BCUT2D eigenvalue weighted by Crippen LogP contribution is 2.30. The van der Waals surface area contributed by atoms with Crippen LogP contribution in [0.25, 0.3) is 0 Å². The van der Waals surface area contributed by atoms with Crippen LogP contribution in [-0.2, 0) is 0 Å². The molecule has 0 aromatic rings. The van der Waals surface area contributed by atoms with Crippen molar-refractivity contribution < 1.29 is 5.11 Å². The van der Waals surface area contributed by atoms with Crippen molar-refractivity contribution in [2.45, 2.75) is 34.6 Å². The van der Waals surface area contributed by atoms with Crippen LogP contribution >= 0.6 is 0 Å². The SMILES string of the molecule is CC(C)(C)[CH]C(C)(C)CO. The second kappa shape index (κ2) is 2.91. The Labute approximate surface area is 64.5 Å². The summed E-state index contributed by atoms with van der Waals surface area (Å²) in [6, 6.07) is 0. The van der Waals surface area contributed by atoms with Crippen molar-refractivity contribution in [2.24, 2.45) is 10.8 Å². The summed E-state index contributed by atoms with van der Waals surface area (Å²) in [5.41, 5.74) is 0.157. The van der Waals surface area contributed by atoms with Gasteiger partial charge in [0.1, 0.15) is 0 Å². The number of rotatable bonds is 2. The summed E-state index contributed by atoms with van der Waals surface area (Å²) in [6.45, 7) is 10.7. The normalized spacial score (nSPS) is 13.8. The van der Waals surface area contributed by atoms with E-state index in [-0.39, 0.29) is 17.4 Å². The van der Waals surface area contributed by atoms with E-state index >= 15 is 0 Å². The Kier molecular flexibility index (Phi) is 2.90. The number of aliphatic hydroxyl groups is 1. The summed E-state index contributed by atoms with van der Waals surface area (Å²) in [7, 11) is 0. The topological polar surface area (TPSA) is 20.2 Å². The molecule has 0 saturated carbocycles. The average molecular weight is 143 g/mol. The Morgan fingerprint density at radius 3 is 1.60 bits per heavy atom. The first-order valence-electron chi connectivity index (χ1n) is 3.75. The van der Waals surface area contributed by atoms with Crippen LogP contribution in [0.5, 0.6) is 0 Å². The van der Waals surface area contributed by atoms with Crippen LogP contribution in [-0.4, -0.2) is 11.7 Å². The molecule has 10 heavy (non-hydrogen) atoms. The van der Waals surface area contributed by atoms with Gasteiger partial charge in [-0.1, -0.05) is 34.6 Å². The molecule has 0 amide bonds. The second-order valence-electron chi connectivity index (χ2n) is 4.66. The van der Waals surface area contributed by atoms with Gasteiger partial charge < -0.3 is 5.11 Å². The van der Waals surface area contributed by atoms with Gasteiger partial charge in [-0.25, -0.2) is 0 Å². The molecule has 0 aliphatic heterocycles. The predicted octanol–water partition coefficient (Wildman–Crippen LogP) is 2.26. The number of aliphatic hydroxyl groups excluding tert-OH is 1. The molecule has 0 aliphatic carbocycles. The lowest BCUT2D eigenvalue weighted by molar-refractivity contribution is 0.164. The van der Waals surface area contributed by atoms with Gasteiger partial charge in [0.05, 0.1) is 0 Å². The zero-order valence-electron chi connectivity index (χ0n) is 7.73. The lowest BCUT2D eigenvalue weighted by Crippen LogP contribution is -2.25. The minimum Gasteiger partial charge on any atom is -0.396 e. The highest BCUT2D eigenvalue weighted by Gasteiger charge is 2.24. The van der Waals surface area contributed by atoms with Gasteiger partial charge in [-0.3, -0.25) is 0 Å². The van der Waals surface area contributed by atoms with Crippen LogP contribution in [0.3, 0.4) is 0 Å². The van der Waals surface area contributed by atoms with E-state index in [4.69, 9.17) is 5.11 Å². The van der Waals surface area contributed by atoms with Crippen molar-refractivity contribution in [3.63, 3.8) is 0 Å². The van der Waals surface area contributed by atoms with Crippen LogP contribution in [0.1, 0.15) is 34.6 Å². The molecule has 0 heterocycles. The quantitative estimate of drug-likeness (QED) is 0.628. The molecule has 0 bridgehead atoms. The zero-order valence-corrected chi connectivity index (χ0v) is 7.73. The Bertz CT molecular complexity index is 97.8. The molecule has 1 nitrogen and oxygen atoms in total. The summed E-state index contributed by atoms with van der Waals surface area (Å²) in [5, 5.41) is 8.93. The molecule has 1 heteroatoms. The van der Waals surface area contributed by atoms with E-state index < -0.39 is 0 Å². The van der Waals surface area contributed by atoms with Crippen molar-refractivity contribution >= 4 is 0 Å². The highest BCUT2D eigenvalue weighted by atomic mass is 16.3. The summed E-state index contributed by atoms with van der Waals surface area (Å²) >= 11 is 0. The van der Waals surface area contributed by atoms with E-state index in [1.807, 2.05) is 13.8 Å². The molecule has 0 unspecified atom stereocenters. The molecule has 0 saturated heterocycles. The summed E-state index contributed by atoms with van der Waals surface area (Å²) in [5.74, 6) is 0. The van der Waals surface area contributed by atoms with Crippen molar-refractivity contribution in [3.8, 4) is 0 Å². The average Bonchev–Trinajstić information content (AvgIpc) is 1.60. The first-order valence-corrected chi connectivity index (χ1v) is 3.75. The Hall–Kier alpha value is -0.0400. The van der Waals surface area contributed by atoms with E-state index in [1.54, 1.807) is 0 Å². The molecule has 0 atom stereocenters.